The molecule has 1 aliphatic rings. The summed E-state index contributed by atoms with van der Waals surface area (Å²) in [6.07, 6.45) is 1.49. The van der Waals surface area contributed by atoms with E-state index in [-0.39, 0.29) is 41.6 Å². The second-order valence-electron chi connectivity index (χ2n) is 6.19. The number of nitro benzene ring substituents is 1. The van der Waals surface area contributed by atoms with Gasteiger partial charge in [-0.25, -0.2) is 0 Å². The Balaban J connectivity index is 0.00000392. The van der Waals surface area contributed by atoms with E-state index in [2.05, 4.69) is 20.5 Å². The summed E-state index contributed by atoms with van der Waals surface area (Å²) in [6.45, 7) is 4.78. The van der Waals surface area contributed by atoms with Crippen molar-refractivity contribution in [2.45, 2.75) is 19.8 Å². The Labute approximate surface area is 182 Å². The molecule has 1 aromatic carbocycles. The largest absolute Gasteiger partial charge is 0.466 e. The normalized spacial score (nSPS) is 14.8. The lowest BCUT2D eigenvalue weighted by Gasteiger charge is -2.33. The van der Waals surface area contributed by atoms with Gasteiger partial charge in [-0.15, -0.1) is 24.0 Å². The zero-order chi connectivity index (χ0) is 19.6. The summed E-state index contributed by atoms with van der Waals surface area (Å²) in [6, 6.07) is 6.56. The third kappa shape index (κ3) is 6.80. The van der Waals surface area contributed by atoms with Gasteiger partial charge in [-0.2, -0.15) is 0 Å². The number of nitro groups is 1. The molecule has 0 radical (unpaired) electrons. The van der Waals surface area contributed by atoms with E-state index < -0.39 is 4.92 Å². The number of esters is 1. The number of carbonyl (C=O) groups is 1. The van der Waals surface area contributed by atoms with Crippen molar-refractivity contribution < 1.29 is 14.5 Å². The fraction of sp³-hybridized carbons (Fsp3) is 0.556. The van der Waals surface area contributed by atoms with Crippen LogP contribution in [-0.4, -0.2) is 61.6 Å². The highest BCUT2D eigenvalue weighted by Gasteiger charge is 2.27. The molecule has 0 spiro atoms. The number of piperidine rings is 1. The van der Waals surface area contributed by atoms with Crippen LogP contribution in [0.5, 0.6) is 0 Å². The molecule has 0 unspecified atom stereocenters. The summed E-state index contributed by atoms with van der Waals surface area (Å²) in [5.41, 5.74) is 0.553. The van der Waals surface area contributed by atoms with Gasteiger partial charge in [0, 0.05) is 39.3 Å². The first kappa shape index (κ1) is 23.9. The fourth-order valence-corrected chi connectivity index (χ4v) is 3.07. The lowest BCUT2D eigenvalue weighted by atomic mass is 9.97. The molecule has 1 aromatic rings. The van der Waals surface area contributed by atoms with Gasteiger partial charge in [0.2, 0.25) is 0 Å². The SMILES string of the molecule is CCOC(=O)C1CCN(C(=NC)NCCNc2ccccc2[N+](=O)[O-])CC1.I. The van der Waals surface area contributed by atoms with Crippen molar-refractivity contribution in [1.29, 1.82) is 0 Å². The molecule has 0 saturated carbocycles. The van der Waals surface area contributed by atoms with Crippen LogP contribution in [0.4, 0.5) is 11.4 Å². The number of carbonyl (C=O) groups excluding carboxylic acids is 1. The fourth-order valence-electron chi connectivity index (χ4n) is 3.07. The molecule has 1 saturated heterocycles. The zero-order valence-electron chi connectivity index (χ0n) is 16.2. The molecule has 28 heavy (non-hydrogen) atoms. The van der Waals surface area contributed by atoms with Gasteiger partial charge in [0.1, 0.15) is 5.69 Å². The number of nitrogens with zero attached hydrogens (tertiary/aromatic N) is 3. The Morgan fingerprint density at radius 1 is 1.32 bits per heavy atom. The molecule has 0 aliphatic carbocycles. The molecule has 0 amide bonds. The minimum absolute atomic E-state index is 0. The molecular weight excluding hydrogens is 477 g/mol. The Hall–Kier alpha value is -2.11. The molecule has 1 fully saturated rings. The van der Waals surface area contributed by atoms with Crippen LogP contribution >= 0.6 is 24.0 Å². The number of para-hydroxylation sites is 2. The van der Waals surface area contributed by atoms with E-state index in [1.54, 1.807) is 25.2 Å². The summed E-state index contributed by atoms with van der Waals surface area (Å²) in [5, 5.41) is 17.4. The first-order valence-electron chi connectivity index (χ1n) is 9.16. The van der Waals surface area contributed by atoms with Crippen molar-refractivity contribution in [3.05, 3.63) is 34.4 Å². The average Bonchev–Trinajstić information content (AvgIpc) is 2.68. The summed E-state index contributed by atoms with van der Waals surface area (Å²) in [4.78, 5) is 28.8. The van der Waals surface area contributed by atoms with E-state index in [0.29, 0.717) is 25.4 Å². The number of hydrogen-bond acceptors (Lipinski definition) is 6. The summed E-state index contributed by atoms with van der Waals surface area (Å²) in [7, 11) is 1.72. The van der Waals surface area contributed by atoms with Gasteiger partial charge in [-0.05, 0) is 25.8 Å². The van der Waals surface area contributed by atoms with E-state index in [4.69, 9.17) is 4.74 Å². The van der Waals surface area contributed by atoms with Crippen LogP contribution in [0.25, 0.3) is 0 Å². The van der Waals surface area contributed by atoms with Crippen molar-refractivity contribution >= 4 is 47.3 Å². The molecule has 10 heteroatoms. The van der Waals surface area contributed by atoms with Gasteiger partial charge < -0.3 is 20.3 Å². The maximum atomic E-state index is 11.8. The molecule has 1 heterocycles. The second kappa shape index (κ2) is 12.4. The highest BCUT2D eigenvalue weighted by molar-refractivity contribution is 14.0. The predicted octanol–water partition coefficient (Wildman–Crippen LogP) is 2.48. The maximum Gasteiger partial charge on any atom is 0.309 e. The highest BCUT2D eigenvalue weighted by Crippen LogP contribution is 2.22. The minimum Gasteiger partial charge on any atom is -0.466 e. The molecule has 2 rings (SSSR count). The first-order chi connectivity index (χ1) is 13.1. The topological polar surface area (TPSA) is 109 Å². The van der Waals surface area contributed by atoms with Crippen molar-refractivity contribution in [2.24, 2.45) is 10.9 Å². The van der Waals surface area contributed by atoms with E-state index in [0.717, 1.165) is 31.9 Å². The number of halogens is 1. The van der Waals surface area contributed by atoms with Crippen LogP contribution < -0.4 is 10.6 Å². The number of nitrogens with one attached hydrogen (secondary N) is 2. The van der Waals surface area contributed by atoms with E-state index in [9.17, 15) is 14.9 Å². The molecule has 1 aliphatic heterocycles. The van der Waals surface area contributed by atoms with Gasteiger partial charge in [0.25, 0.3) is 5.69 Å². The highest BCUT2D eigenvalue weighted by atomic mass is 127. The third-order valence-electron chi connectivity index (χ3n) is 4.45. The third-order valence-corrected chi connectivity index (χ3v) is 4.45. The lowest BCUT2D eigenvalue weighted by Crippen LogP contribution is -2.47. The molecular formula is C18H28IN5O4. The van der Waals surface area contributed by atoms with Gasteiger partial charge >= 0.3 is 5.97 Å². The lowest BCUT2D eigenvalue weighted by molar-refractivity contribution is -0.384. The van der Waals surface area contributed by atoms with Crippen molar-refractivity contribution in [1.82, 2.24) is 10.2 Å². The van der Waals surface area contributed by atoms with Crippen molar-refractivity contribution in [3.63, 3.8) is 0 Å². The van der Waals surface area contributed by atoms with Crippen molar-refractivity contribution in [2.75, 3.05) is 45.2 Å². The Kier molecular flexibility index (Phi) is 10.6. The minimum atomic E-state index is -0.400. The second-order valence-corrected chi connectivity index (χ2v) is 6.19. The quantitative estimate of drug-likeness (QED) is 0.112. The summed E-state index contributed by atoms with van der Waals surface area (Å²) >= 11 is 0. The van der Waals surface area contributed by atoms with Crippen LogP contribution in [0.15, 0.2) is 29.3 Å². The van der Waals surface area contributed by atoms with Crippen LogP contribution in [0.3, 0.4) is 0 Å². The monoisotopic (exact) mass is 505 g/mol. The number of hydrogen-bond donors (Lipinski definition) is 2. The van der Waals surface area contributed by atoms with Gasteiger partial charge in [0.05, 0.1) is 17.4 Å². The molecule has 2 N–H and O–H groups in total. The number of benzene rings is 1. The summed E-state index contributed by atoms with van der Waals surface area (Å²) in [5.74, 6) is 0.607. The molecule has 156 valence electrons. The standard InChI is InChI=1S/C18H27N5O4.HI/c1-3-27-17(24)14-8-12-22(13-9-14)18(19-2)21-11-10-20-15-6-4-5-7-16(15)23(25)26;/h4-7,14,20H,3,8-13H2,1-2H3,(H,19,21);1H. The van der Waals surface area contributed by atoms with E-state index in [1.807, 2.05) is 6.92 Å². The number of rotatable bonds is 7. The number of likely N-dealkylation sites (tertiary alicyclic amines) is 1. The van der Waals surface area contributed by atoms with Crippen molar-refractivity contribution in [3.8, 4) is 0 Å². The zero-order valence-corrected chi connectivity index (χ0v) is 18.5. The number of guanidine groups is 1. The summed E-state index contributed by atoms with van der Waals surface area (Å²) < 4.78 is 5.09. The van der Waals surface area contributed by atoms with Gasteiger partial charge in [-0.1, -0.05) is 12.1 Å². The molecule has 0 aromatic heterocycles. The predicted molar refractivity (Wildman–Crippen MR) is 119 cm³/mol. The molecule has 0 atom stereocenters. The van der Waals surface area contributed by atoms with Crippen LogP contribution in [0.2, 0.25) is 0 Å². The number of ether oxygens (including phenoxy) is 1. The Bertz CT molecular complexity index is 678. The Morgan fingerprint density at radius 2 is 2.00 bits per heavy atom. The molecule has 0 bridgehead atoms. The average molecular weight is 505 g/mol. The number of aliphatic imine (C=N–C) groups is 1. The van der Waals surface area contributed by atoms with Crippen LogP contribution in [0.1, 0.15) is 19.8 Å². The van der Waals surface area contributed by atoms with Crippen LogP contribution in [0, 0.1) is 16.0 Å². The van der Waals surface area contributed by atoms with E-state index in [1.165, 1.54) is 6.07 Å². The smallest absolute Gasteiger partial charge is 0.309 e. The van der Waals surface area contributed by atoms with Crippen LogP contribution in [-0.2, 0) is 9.53 Å². The molecule has 9 nitrogen and oxygen atoms in total. The maximum absolute atomic E-state index is 11.8. The number of anilines is 1. The van der Waals surface area contributed by atoms with Gasteiger partial charge in [-0.3, -0.25) is 19.9 Å². The van der Waals surface area contributed by atoms with E-state index >= 15 is 0 Å². The first-order valence-corrected chi connectivity index (χ1v) is 9.16. The Morgan fingerprint density at radius 3 is 2.61 bits per heavy atom. The van der Waals surface area contributed by atoms with Gasteiger partial charge in [0.15, 0.2) is 5.96 Å².